The molecule has 0 rings (SSSR count). The predicted molar refractivity (Wildman–Crippen MR) is 295 cm³/mol. The molecule has 2 N–H and O–H groups in total. The number of allylic oxidation sites excluding steroid dienone is 7. The monoisotopic (exact) mass is 992 g/mol. The van der Waals surface area contributed by atoms with Gasteiger partial charge in [-0.25, -0.2) is 4.57 Å². The van der Waals surface area contributed by atoms with Gasteiger partial charge in [-0.1, -0.05) is 250 Å². The Labute approximate surface area is 427 Å². The molecule has 0 radical (unpaired) electrons. The molecular formula is C59H112N2O7P+. The molecule has 0 aliphatic carbocycles. The summed E-state index contributed by atoms with van der Waals surface area (Å²) < 4.78 is 30.6. The highest BCUT2D eigenvalue weighted by Gasteiger charge is 2.30. The number of quaternary nitrogens is 1. The summed E-state index contributed by atoms with van der Waals surface area (Å²) in [7, 11) is 1.49. The minimum atomic E-state index is -4.44. The molecule has 10 heteroatoms. The zero-order chi connectivity index (χ0) is 50.8. The fraction of sp³-hybridized carbons (Fsp3) is 0.831. The SMILES string of the molecule is CC/C=C/C=C/C=C/CCCCCCCCCC(=O)NC(COP(=O)(O)OCC[N+](C)(C)C)C(/C=C/CCCCCCCCCCC)OC(=O)CCCCCCCCCCCCCCCCCCC. The molecule has 0 aromatic carbocycles. The molecule has 3 unspecified atom stereocenters. The van der Waals surface area contributed by atoms with Crippen LogP contribution in [-0.2, 0) is 27.9 Å². The van der Waals surface area contributed by atoms with Gasteiger partial charge >= 0.3 is 13.8 Å². The second-order valence-electron chi connectivity index (χ2n) is 20.9. The maximum Gasteiger partial charge on any atom is 0.472 e. The molecule has 404 valence electrons. The van der Waals surface area contributed by atoms with Crippen LogP contribution in [0.2, 0.25) is 0 Å². The number of carbonyl (C=O) groups excluding carboxylic acids is 2. The molecule has 1 amide bonds. The number of nitrogens with zero attached hydrogens (tertiary/aromatic N) is 1. The van der Waals surface area contributed by atoms with Crippen LogP contribution in [-0.4, -0.2) is 74.3 Å². The van der Waals surface area contributed by atoms with Gasteiger partial charge in [0, 0.05) is 12.8 Å². The lowest BCUT2D eigenvalue weighted by Crippen LogP contribution is -2.47. The van der Waals surface area contributed by atoms with Crippen molar-refractivity contribution in [3.8, 4) is 0 Å². The van der Waals surface area contributed by atoms with E-state index in [0.29, 0.717) is 23.9 Å². The van der Waals surface area contributed by atoms with E-state index in [2.05, 4.69) is 62.5 Å². The number of phosphoric acid groups is 1. The summed E-state index contributed by atoms with van der Waals surface area (Å²) in [5, 5.41) is 3.04. The summed E-state index contributed by atoms with van der Waals surface area (Å²) in [5.41, 5.74) is 0. The van der Waals surface area contributed by atoms with Gasteiger partial charge in [-0.2, -0.15) is 0 Å². The standard InChI is InChI=1S/C59H111N2O7P/c1-7-10-13-16-19-22-25-27-29-30-32-34-37-40-43-46-49-52-59(63)68-57(50-47-44-41-38-35-24-21-18-15-12-9-3)56(55-67-69(64,65)66-54-53-61(4,5)6)60-58(62)51-48-45-42-39-36-33-31-28-26-23-20-17-14-11-8-2/h11,14,17,20,23,26,47,50,56-57H,7-10,12-13,15-16,18-19,21-22,24-25,27-46,48-49,51-55H2,1-6H3,(H-,60,62,64,65)/p+1/b14-11+,20-17+,26-23+,50-47+. The molecule has 0 fully saturated rings. The molecule has 0 bridgehead atoms. The number of ether oxygens (including phenoxy) is 1. The predicted octanol–water partition coefficient (Wildman–Crippen LogP) is 17.3. The number of likely N-dealkylation sites (N-methyl/N-ethyl adjacent to an activating group) is 1. The summed E-state index contributed by atoms with van der Waals surface area (Å²) in [6, 6.07) is -0.851. The molecule has 69 heavy (non-hydrogen) atoms. The Morgan fingerprint density at radius 3 is 1.38 bits per heavy atom. The second kappa shape index (κ2) is 49.5. The second-order valence-corrected chi connectivity index (χ2v) is 22.3. The molecule has 3 atom stereocenters. The molecule has 0 saturated heterocycles. The maximum atomic E-state index is 13.5. The van der Waals surface area contributed by atoms with Crippen molar-refractivity contribution in [3.05, 3.63) is 48.6 Å². The number of rotatable bonds is 52. The molecule has 0 aromatic heterocycles. The Bertz CT molecular complexity index is 1330. The third kappa shape index (κ3) is 50.7. The van der Waals surface area contributed by atoms with Crippen LogP contribution in [0.4, 0.5) is 0 Å². The average Bonchev–Trinajstić information content (AvgIpc) is 3.31. The molecule has 0 aliphatic heterocycles. The number of carbonyl (C=O) groups is 2. The number of nitrogens with one attached hydrogen (secondary N) is 1. The lowest BCUT2D eigenvalue weighted by Gasteiger charge is -2.27. The van der Waals surface area contributed by atoms with Crippen LogP contribution in [0, 0.1) is 0 Å². The van der Waals surface area contributed by atoms with Crippen LogP contribution >= 0.6 is 7.82 Å². The number of hydrogen-bond acceptors (Lipinski definition) is 6. The van der Waals surface area contributed by atoms with E-state index in [1.807, 2.05) is 33.3 Å². The molecule has 0 aliphatic rings. The Kier molecular flexibility index (Phi) is 48.1. The van der Waals surface area contributed by atoms with Gasteiger partial charge in [0.25, 0.3) is 0 Å². The van der Waals surface area contributed by atoms with Gasteiger partial charge in [0.15, 0.2) is 0 Å². The Morgan fingerprint density at radius 1 is 0.522 bits per heavy atom. The Morgan fingerprint density at radius 2 is 0.928 bits per heavy atom. The number of phosphoric ester groups is 1. The minimum Gasteiger partial charge on any atom is -0.456 e. The van der Waals surface area contributed by atoms with Crippen LogP contribution in [0.5, 0.6) is 0 Å². The highest BCUT2D eigenvalue weighted by molar-refractivity contribution is 7.47. The smallest absolute Gasteiger partial charge is 0.456 e. The van der Waals surface area contributed by atoms with E-state index in [0.717, 1.165) is 77.0 Å². The van der Waals surface area contributed by atoms with Gasteiger partial charge in [-0.05, 0) is 51.0 Å². The van der Waals surface area contributed by atoms with Gasteiger partial charge in [0.1, 0.15) is 19.3 Å². The quantitative estimate of drug-likeness (QED) is 0.0156. The van der Waals surface area contributed by atoms with Crippen LogP contribution in [0.1, 0.15) is 265 Å². The maximum absolute atomic E-state index is 13.5. The minimum absolute atomic E-state index is 0.0383. The van der Waals surface area contributed by atoms with Crippen LogP contribution in [0.3, 0.4) is 0 Å². The Hall–Kier alpha value is -2.03. The zero-order valence-corrected chi connectivity index (χ0v) is 47.0. The summed E-state index contributed by atoms with van der Waals surface area (Å²) in [6.45, 7) is 6.88. The molecular weight excluding hydrogens is 880 g/mol. The molecule has 0 saturated carbocycles. The van der Waals surface area contributed by atoms with Gasteiger partial charge in [0.05, 0.1) is 33.8 Å². The van der Waals surface area contributed by atoms with Crippen molar-refractivity contribution in [1.29, 1.82) is 0 Å². The van der Waals surface area contributed by atoms with Crippen molar-refractivity contribution in [2.75, 3.05) is 40.9 Å². The first-order chi connectivity index (χ1) is 33.4. The van der Waals surface area contributed by atoms with Crippen molar-refractivity contribution in [3.63, 3.8) is 0 Å². The summed E-state index contributed by atoms with van der Waals surface area (Å²) in [4.78, 5) is 37.6. The van der Waals surface area contributed by atoms with Gasteiger partial charge < -0.3 is 19.4 Å². The van der Waals surface area contributed by atoms with Crippen LogP contribution in [0.15, 0.2) is 48.6 Å². The van der Waals surface area contributed by atoms with Crippen molar-refractivity contribution < 1.29 is 37.3 Å². The average molecular weight is 993 g/mol. The lowest BCUT2D eigenvalue weighted by molar-refractivity contribution is -0.870. The summed E-state index contributed by atoms with van der Waals surface area (Å²) in [5.74, 6) is -0.512. The molecule has 0 spiro atoms. The van der Waals surface area contributed by atoms with Gasteiger partial charge in [0.2, 0.25) is 5.91 Å². The van der Waals surface area contributed by atoms with Crippen molar-refractivity contribution in [1.82, 2.24) is 5.32 Å². The van der Waals surface area contributed by atoms with Crippen LogP contribution < -0.4 is 5.32 Å². The first-order valence-corrected chi connectivity index (χ1v) is 30.5. The van der Waals surface area contributed by atoms with Gasteiger partial charge in [-0.3, -0.25) is 18.6 Å². The third-order valence-corrected chi connectivity index (χ3v) is 13.8. The van der Waals surface area contributed by atoms with Crippen molar-refractivity contribution >= 4 is 19.7 Å². The topological polar surface area (TPSA) is 111 Å². The van der Waals surface area contributed by atoms with Crippen LogP contribution in [0.25, 0.3) is 0 Å². The zero-order valence-electron chi connectivity index (χ0n) is 46.1. The summed E-state index contributed by atoms with van der Waals surface area (Å²) >= 11 is 0. The van der Waals surface area contributed by atoms with E-state index in [1.54, 1.807) is 0 Å². The number of hydrogen-bond donors (Lipinski definition) is 2. The van der Waals surface area contributed by atoms with Gasteiger partial charge in [-0.15, -0.1) is 0 Å². The fourth-order valence-electron chi connectivity index (χ4n) is 8.35. The molecule has 0 heterocycles. The normalized spacial score (nSPS) is 14.1. The third-order valence-electron chi connectivity index (χ3n) is 12.8. The largest absolute Gasteiger partial charge is 0.472 e. The number of unbranched alkanes of at least 4 members (excludes halogenated alkanes) is 32. The van der Waals surface area contributed by atoms with E-state index in [4.69, 9.17) is 13.8 Å². The van der Waals surface area contributed by atoms with E-state index in [-0.39, 0.29) is 25.1 Å². The first-order valence-electron chi connectivity index (χ1n) is 29.0. The fourth-order valence-corrected chi connectivity index (χ4v) is 9.09. The first kappa shape index (κ1) is 67.0. The van der Waals surface area contributed by atoms with Crippen molar-refractivity contribution in [2.45, 2.75) is 277 Å². The Balaban J connectivity index is 5.29. The van der Waals surface area contributed by atoms with E-state index in [1.165, 1.54) is 154 Å². The summed E-state index contributed by atoms with van der Waals surface area (Å²) in [6.07, 6.45) is 59.6. The lowest BCUT2D eigenvalue weighted by atomic mass is 10.0. The molecule has 0 aromatic rings. The van der Waals surface area contributed by atoms with Crippen molar-refractivity contribution in [2.24, 2.45) is 0 Å². The van der Waals surface area contributed by atoms with E-state index < -0.39 is 20.0 Å². The van der Waals surface area contributed by atoms with E-state index in [9.17, 15) is 19.0 Å². The highest BCUT2D eigenvalue weighted by Crippen LogP contribution is 2.43. The number of amides is 1. The molecule has 9 nitrogen and oxygen atoms in total. The highest BCUT2D eigenvalue weighted by atomic mass is 31.2. The number of esters is 1. The van der Waals surface area contributed by atoms with E-state index >= 15 is 0 Å².